The first-order chi connectivity index (χ1) is 9.15. The molecule has 5 heteroatoms. The normalized spacial score (nSPS) is 19.1. The molecule has 19 heavy (non-hydrogen) atoms. The Kier molecular flexibility index (Phi) is 7.82. The minimum Gasteiger partial charge on any atom is -0.396 e. The predicted octanol–water partition coefficient (Wildman–Crippen LogP) is 1.32. The van der Waals surface area contributed by atoms with E-state index in [9.17, 15) is 4.79 Å². The lowest BCUT2D eigenvalue weighted by Gasteiger charge is -2.32. The third-order valence-electron chi connectivity index (χ3n) is 3.64. The van der Waals surface area contributed by atoms with Crippen LogP contribution in [0, 0.1) is 0 Å². The first-order valence-electron chi connectivity index (χ1n) is 7.56. The molecule has 1 saturated heterocycles. The molecule has 5 nitrogen and oxygen atoms in total. The number of nitrogens with one attached hydrogen (secondary N) is 2. The van der Waals surface area contributed by atoms with Gasteiger partial charge in [-0.2, -0.15) is 0 Å². The number of carbonyl (C=O) groups is 1. The van der Waals surface area contributed by atoms with E-state index < -0.39 is 0 Å². The predicted molar refractivity (Wildman–Crippen MR) is 77.2 cm³/mol. The molecular formula is C14H29N3O2. The van der Waals surface area contributed by atoms with Gasteiger partial charge in [0.05, 0.1) is 0 Å². The summed E-state index contributed by atoms with van der Waals surface area (Å²) in [6.07, 6.45) is 4.83. The van der Waals surface area contributed by atoms with Crippen molar-refractivity contribution >= 4 is 6.03 Å². The summed E-state index contributed by atoms with van der Waals surface area (Å²) in [7, 11) is 0. The molecule has 0 aromatic carbocycles. The Bertz CT molecular complexity index is 253. The lowest BCUT2D eigenvalue weighted by Crippen LogP contribution is -2.49. The second kappa shape index (κ2) is 9.15. The summed E-state index contributed by atoms with van der Waals surface area (Å²) >= 11 is 0. The van der Waals surface area contributed by atoms with Gasteiger partial charge in [-0.05, 0) is 45.6 Å². The van der Waals surface area contributed by atoms with Crippen molar-refractivity contribution in [1.82, 2.24) is 15.5 Å². The zero-order valence-electron chi connectivity index (χ0n) is 12.3. The van der Waals surface area contributed by atoms with Gasteiger partial charge in [0.1, 0.15) is 0 Å². The second-order valence-electron chi connectivity index (χ2n) is 5.50. The van der Waals surface area contributed by atoms with Gasteiger partial charge in [0.15, 0.2) is 0 Å². The van der Waals surface area contributed by atoms with E-state index in [2.05, 4.69) is 22.5 Å². The lowest BCUT2D eigenvalue weighted by molar-refractivity contribution is 0.191. The molecule has 0 aromatic heterocycles. The molecule has 0 saturated carbocycles. The Morgan fingerprint density at radius 1 is 1.42 bits per heavy atom. The number of hydrogen-bond acceptors (Lipinski definition) is 3. The molecule has 1 unspecified atom stereocenters. The molecule has 1 aliphatic rings. The minimum absolute atomic E-state index is 0.0700. The average Bonchev–Trinajstić information content (AvgIpc) is 2.39. The van der Waals surface area contributed by atoms with Crippen molar-refractivity contribution in [3.05, 3.63) is 0 Å². The maximum atomic E-state index is 11.8. The maximum Gasteiger partial charge on any atom is 0.315 e. The molecule has 0 aromatic rings. The summed E-state index contributed by atoms with van der Waals surface area (Å²) in [4.78, 5) is 14.3. The van der Waals surface area contributed by atoms with E-state index in [1.165, 1.54) is 6.42 Å². The smallest absolute Gasteiger partial charge is 0.315 e. The van der Waals surface area contributed by atoms with Gasteiger partial charge < -0.3 is 20.6 Å². The highest BCUT2D eigenvalue weighted by molar-refractivity contribution is 5.74. The highest BCUT2D eigenvalue weighted by Crippen LogP contribution is 2.10. The summed E-state index contributed by atoms with van der Waals surface area (Å²) in [5.74, 6) is 0. The number of hydrogen-bond donors (Lipinski definition) is 3. The third-order valence-corrected chi connectivity index (χ3v) is 3.64. The molecule has 1 rings (SSSR count). The Balaban J connectivity index is 2.16. The summed E-state index contributed by atoms with van der Waals surface area (Å²) in [6, 6.07) is 0.352. The molecule has 1 atom stereocenters. The second-order valence-corrected chi connectivity index (χ2v) is 5.50. The monoisotopic (exact) mass is 271 g/mol. The van der Waals surface area contributed by atoms with Gasteiger partial charge in [0.25, 0.3) is 0 Å². The average molecular weight is 271 g/mol. The van der Waals surface area contributed by atoms with Gasteiger partial charge in [-0.25, -0.2) is 4.79 Å². The largest absolute Gasteiger partial charge is 0.396 e. The Hall–Kier alpha value is -0.810. The molecule has 0 aliphatic carbocycles. The molecule has 0 radical (unpaired) electrons. The number of amides is 2. The standard InChI is InChI=1S/C14H29N3O2/c1-3-8-17-9-6-13(7-10-17)16-14(19)15-12(2)5-4-11-18/h12-13,18H,3-11H2,1-2H3,(H2,15,16,19). The lowest BCUT2D eigenvalue weighted by atomic mass is 10.1. The zero-order chi connectivity index (χ0) is 14.1. The molecular weight excluding hydrogens is 242 g/mol. The fourth-order valence-electron chi connectivity index (χ4n) is 2.54. The van der Waals surface area contributed by atoms with Gasteiger partial charge in [-0.15, -0.1) is 0 Å². The number of aliphatic hydroxyl groups excluding tert-OH is 1. The number of likely N-dealkylation sites (tertiary alicyclic amines) is 1. The van der Waals surface area contributed by atoms with Gasteiger partial charge in [-0.3, -0.25) is 0 Å². The molecule has 3 N–H and O–H groups in total. The number of urea groups is 1. The quantitative estimate of drug-likeness (QED) is 0.654. The van der Waals surface area contributed by atoms with Crippen molar-refractivity contribution in [2.45, 2.75) is 58.0 Å². The topological polar surface area (TPSA) is 64.6 Å². The Morgan fingerprint density at radius 3 is 2.68 bits per heavy atom. The van der Waals surface area contributed by atoms with E-state index in [-0.39, 0.29) is 18.7 Å². The summed E-state index contributed by atoms with van der Waals surface area (Å²) in [5.41, 5.74) is 0. The molecule has 1 aliphatic heterocycles. The van der Waals surface area contributed by atoms with Crippen LogP contribution in [0.4, 0.5) is 4.79 Å². The summed E-state index contributed by atoms with van der Waals surface area (Å²) < 4.78 is 0. The van der Waals surface area contributed by atoms with Crippen LogP contribution >= 0.6 is 0 Å². The number of aliphatic hydroxyl groups is 1. The number of nitrogens with zero attached hydrogens (tertiary/aromatic N) is 1. The van der Waals surface area contributed by atoms with Crippen molar-refractivity contribution in [2.24, 2.45) is 0 Å². The van der Waals surface area contributed by atoms with E-state index in [1.54, 1.807) is 0 Å². The number of carbonyl (C=O) groups excluding carboxylic acids is 1. The van der Waals surface area contributed by atoms with Crippen molar-refractivity contribution < 1.29 is 9.90 Å². The van der Waals surface area contributed by atoms with Crippen LogP contribution in [0.15, 0.2) is 0 Å². The Labute approximate surface area is 116 Å². The molecule has 0 spiro atoms. The van der Waals surface area contributed by atoms with Crippen molar-refractivity contribution in [2.75, 3.05) is 26.2 Å². The minimum atomic E-state index is -0.0700. The highest BCUT2D eigenvalue weighted by Gasteiger charge is 2.20. The first-order valence-corrected chi connectivity index (χ1v) is 7.56. The maximum absolute atomic E-state index is 11.8. The van der Waals surface area contributed by atoms with E-state index >= 15 is 0 Å². The van der Waals surface area contributed by atoms with Crippen molar-refractivity contribution in [3.63, 3.8) is 0 Å². The van der Waals surface area contributed by atoms with Gasteiger partial charge in [0.2, 0.25) is 0 Å². The summed E-state index contributed by atoms with van der Waals surface area (Å²) in [5, 5.41) is 14.7. The van der Waals surface area contributed by atoms with E-state index in [0.717, 1.165) is 45.3 Å². The van der Waals surface area contributed by atoms with Gasteiger partial charge in [-0.1, -0.05) is 6.92 Å². The first kappa shape index (κ1) is 16.2. The molecule has 112 valence electrons. The van der Waals surface area contributed by atoms with Crippen molar-refractivity contribution in [1.29, 1.82) is 0 Å². The van der Waals surface area contributed by atoms with E-state index in [0.29, 0.717) is 6.04 Å². The van der Waals surface area contributed by atoms with Crippen LogP contribution in [-0.4, -0.2) is 54.4 Å². The van der Waals surface area contributed by atoms with Crippen LogP contribution < -0.4 is 10.6 Å². The highest BCUT2D eigenvalue weighted by atomic mass is 16.3. The van der Waals surface area contributed by atoms with Crippen LogP contribution in [0.5, 0.6) is 0 Å². The van der Waals surface area contributed by atoms with E-state index in [4.69, 9.17) is 5.11 Å². The van der Waals surface area contributed by atoms with Crippen LogP contribution in [0.2, 0.25) is 0 Å². The van der Waals surface area contributed by atoms with Gasteiger partial charge in [0, 0.05) is 31.8 Å². The van der Waals surface area contributed by atoms with Crippen LogP contribution in [0.25, 0.3) is 0 Å². The third kappa shape index (κ3) is 6.78. The van der Waals surface area contributed by atoms with Crippen LogP contribution in [-0.2, 0) is 0 Å². The zero-order valence-corrected chi connectivity index (χ0v) is 12.3. The molecule has 1 fully saturated rings. The van der Waals surface area contributed by atoms with Crippen LogP contribution in [0.3, 0.4) is 0 Å². The van der Waals surface area contributed by atoms with Gasteiger partial charge >= 0.3 is 6.03 Å². The fraction of sp³-hybridized carbons (Fsp3) is 0.929. The fourth-order valence-corrected chi connectivity index (χ4v) is 2.54. The number of piperidine rings is 1. The molecule has 1 heterocycles. The molecule has 2 amide bonds. The SMILES string of the molecule is CCCN1CCC(NC(=O)NC(C)CCCO)CC1. The van der Waals surface area contributed by atoms with Crippen molar-refractivity contribution in [3.8, 4) is 0 Å². The summed E-state index contributed by atoms with van der Waals surface area (Å²) in [6.45, 7) is 7.68. The van der Waals surface area contributed by atoms with E-state index in [1.807, 2.05) is 6.92 Å². The van der Waals surface area contributed by atoms with Crippen LogP contribution in [0.1, 0.15) is 46.0 Å². The Morgan fingerprint density at radius 2 is 2.11 bits per heavy atom. The molecule has 0 bridgehead atoms. The number of rotatable bonds is 7.